The molecule has 0 fully saturated rings. The predicted octanol–water partition coefficient (Wildman–Crippen LogP) is 8.46. The number of nitrogens with zero attached hydrogens (tertiary/aromatic N) is 1. The predicted molar refractivity (Wildman–Crippen MR) is 131 cm³/mol. The van der Waals surface area contributed by atoms with E-state index in [4.69, 9.17) is 46.4 Å². The molecule has 1 unspecified atom stereocenters. The fourth-order valence-electron chi connectivity index (χ4n) is 3.72. The summed E-state index contributed by atoms with van der Waals surface area (Å²) in [5.74, 6) is -2.86. The van der Waals surface area contributed by atoms with Gasteiger partial charge in [-0.05, 0) is 47.0 Å². The van der Waals surface area contributed by atoms with Crippen LogP contribution in [-0.2, 0) is 6.54 Å². The minimum absolute atomic E-state index is 0.0255. The van der Waals surface area contributed by atoms with Crippen LogP contribution in [0.5, 0.6) is 0 Å². The molecule has 0 saturated carbocycles. The van der Waals surface area contributed by atoms with E-state index >= 15 is 0 Å². The van der Waals surface area contributed by atoms with Crippen molar-refractivity contribution in [3.8, 4) is 0 Å². The maximum atomic E-state index is 13.8. The maximum absolute atomic E-state index is 13.8. The average Bonchev–Trinajstić information content (AvgIpc) is 3.03. The first-order chi connectivity index (χ1) is 16.5. The first-order valence-corrected chi connectivity index (χ1v) is 11.6. The SMILES string of the molecule is O=C1c2ccccc2C(=O)N1Cc1ccc(/C=C/C(c2cc(Cl)c(Cl)c(Cl)c2)C(F)(F)F)cc1Cl. The summed E-state index contributed by atoms with van der Waals surface area (Å²) in [5.41, 5.74) is 1.33. The molecule has 3 aromatic carbocycles. The van der Waals surface area contributed by atoms with Crippen molar-refractivity contribution < 1.29 is 22.8 Å². The minimum atomic E-state index is -4.62. The van der Waals surface area contributed by atoms with Crippen LogP contribution in [0.2, 0.25) is 20.1 Å². The maximum Gasteiger partial charge on any atom is 0.399 e. The molecule has 0 aromatic heterocycles. The average molecular weight is 559 g/mol. The number of carbonyl (C=O) groups is 2. The Kier molecular flexibility index (Phi) is 7.21. The molecule has 35 heavy (non-hydrogen) atoms. The van der Waals surface area contributed by atoms with Crippen LogP contribution in [0.25, 0.3) is 6.08 Å². The molecule has 1 heterocycles. The van der Waals surface area contributed by atoms with E-state index in [1.54, 1.807) is 36.4 Å². The van der Waals surface area contributed by atoms with Gasteiger partial charge in [-0.1, -0.05) is 82.8 Å². The van der Waals surface area contributed by atoms with Gasteiger partial charge < -0.3 is 0 Å². The summed E-state index contributed by atoms with van der Waals surface area (Å²) < 4.78 is 41.3. The Morgan fingerprint density at radius 3 is 1.91 bits per heavy atom. The number of amides is 2. The highest BCUT2D eigenvalue weighted by atomic mass is 35.5. The quantitative estimate of drug-likeness (QED) is 0.233. The number of benzene rings is 3. The minimum Gasteiger partial charge on any atom is -0.270 e. The first kappa shape index (κ1) is 25.6. The number of hydrogen-bond donors (Lipinski definition) is 0. The van der Waals surface area contributed by atoms with Crippen molar-refractivity contribution in [2.24, 2.45) is 0 Å². The van der Waals surface area contributed by atoms with Gasteiger partial charge in [0.1, 0.15) is 0 Å². The van der Waals surface area contributed by atoms with Gasteiger partial charge in [-0.15, -0.1) is 0 Å². The van der Waals surface area contributed by atoms with Gasteiger partial charge in [-0.25, -0.2) is 0 Å². The number of rotatable bonds is 5. The summed E-state index contributed by atoms with van der Waals surface area (Å²) in [6.45, 7) is -0.0673. The molecule has 2 amide bonds. The lowest BCUT2D eigenvalue weighted by Gasteiger charge is -2.18. The Bertz CT molecular complexity index is 1310. The highest BCUT2D eigenvalue weighted by Gasteiger charge is 2.39. The summed E-state index contributed by atoms with van der Waals surface area (Å²) in [7, 11) is 0. The Hall–Kier alpha value is -2.51. The molecule has 180 valence electrons. The van der Waals surface area contributed by atoms with E-state index in [-0.39, 0.29) is 32.2 Å². The number of allylic oxidation sites excluding steroid dienone is 1. The number of hydrogen-bond acceptors (Lipinski definition) is 2. The molecule has 3 aromatic rings. The molecule has 1 aliphatic heterocycles. The lowest BCUT2D eigenvalue weighted by molar-refractivity contribution is -0.139. The number of halogens is 7. The third-order valence-corrected chi connectivity index (χ3v) is 7.03. The second-order valence-corrected chi connectivity index (χ2v) is 9.37. The summed E-state index contributed by atoms with van der Waals surface area (Å²) in [6.07, 6.45) is -2.39. The first-order valence-electron chi connectivity index (χ1n) is 10.1. The van der Waals surface area contributed by atoms with Gasteiger partial charge >= 0.3 is 6.18 Å². The third-order valence-electron chi connectivity index (χ3n) is 5.48. The van der Waals surface area contributed by atoms with Gasteiger partial charge in [0.25, 0.3) is 11.8 Å². The lowest BCUT2D eigenvalue weighted by Crippen LogP contribution is -2.29. The number of alkyl halides is 3. The molecule has 0 spiro atoms. The molecule has 0 saturated heterocycles. The van der Waals surface area contributed by atoms with Crippen molar-refractivity contribution in [1.82, 2.24) is 4.90 Å². The van der Waals surface area contributed by atoms with Crippen LogP contribution in [0, 0.1) is 0 Å². The standard InChI is InChI=1S/C25H14Cl4F3NO2/c26-19-9-13(6-8-18(25(30,31)32)15-10-20(27)22(29)21(28)11-15)5-7-14(19)12-33-23(34)16-3-1-2-4-17(16)24(33)35/h1-11,18H,12H2/b8-6+. The van der Waals surface area contributed by atoms with Gasteiger partial charge in [0.2, 0.25) is 0 Å². The van der Waals surface area contributed by atoms with Crippen LogP contribution in [0.4, 0.5) is 13.2 Å². The van der Waals surface area contributed by atoms with Crippen LogP contribution in [0.3, 0.4) is 0 Å². The van der Waals surface area contributed by atoms with E-state index < -0.39 is 23.9 Å². The second kappa shape index (κ2) is 9.86. The molecule has 0 radical (unpaired) electrons. The summed E-state index contributed by atoms with van der Waals surface area (Å²) in [5, 5.41) is 0.00186. The van der Waals surface area contributed by atoms with Crippen LogP contribution in [-0.4, -0.2) is 22.9 Å². The normalized spacial score (nSPS) is 14.7. The number of imide groups is 1. The Balaban J connectivity index is 1.57. The lowest BCUT2D eigenvalue weighted by atomic mass is 9.97. The highest BCUT2D eigenvalue weighted by molar-refractivity contribution is 6.48. The van der Waals surface area contributed by atoms with Gasteiger partial charge in [-0.2, -0.15) is 13.2 Å². The molecule has 1 aliphatic rings. The molecule has 0 aliphatic carbocycles. The fraction of sp³-hybridized carbons (Fsp3) is 0.120. The number of carbonyl (C=O) groups excluding carboxylic acids is 2. The zero-order valence-corrected chi connectivity index (χ0v) is 20.6. The molecule has 0 N–H and O–H groups in total. The van der Waals surface area contributed by atoms with E-state index in [9.17, 15) is 22.8 Å². The highest BCUT2D eigenvalue weighted by Crippen LogP contribution is 2.41. The summed E-state index contributed by atoms with van der Waals surface area (Å²) in [4.78, 5) is 26.2. The van der Waals surface area contributed by atoms with Crippen LogP contribution in [0.1, 0.15) is 43.3 Å². The van der Waals surface area contributed by atoms with Crippen molar-refractivity contribution in [3.63, 3.8) is 0 Å². The number of fused-ring (bicyclic) bond motifs is 1. The monoisotopic (exact) mass is 557 g/mol. The zero-order chi connectivity index (χ0) is 25.5. The van der Waals surface area contributed by atoms with Crippen molar-refractivity contribution in [1.29, 1.82) is 0 Å². The Labute approximate surface area is 218 Å². The van der Waals surface area contributed by atoms with Crippen molar-refractivity contribution >= 4 is 64.3 Å². The van der Waals surface area contributed by atoms with Gasteiger partial charge in [0, 0.05) is 5.02 Å². The molecule has 4 rings (SSSR count). The largest absolute Gasteiger partial charge is 0.399 e. The van der Waals surface area contributed by atoms with Gasteiger partial charge in [-0.3, -0.25) is 14.5 Å². The van der Waals surface area contributed by atoms with E-state index in [0.29, 0.717) is 22.3 Å². The van der Waals surface area contributed by atoms with Crippen molar-refractivity contribution in [3.05, 3.63) is 109 Å². The molecule has 3 nitrogen and oxygen atoms in total. The summed E-state index contributed by atoms with van der Waals surface area (Å²) in [6, 6.07) is 13.3. The Morgan fingerprint density at radius 2 is 1.40 bits per heavy atom. The molecule has 1 atom stereocenters. The van der Waals surface area contributed by atoms with Crippen molar-refractivity contribution in [2.45, 2.75) is 18.6 Å². The van der Waals surface area contributed by atoms with Gasteiger partial charge in [0.05, 0.1) is 38.7 Å². The molecular formula is C25H14Cl4F3NO2. The Morgan fingerprint density at radius 1 is 0.829 bits per heavy atom. The molecular weight excluding hydrogens is 545 g/mol. The summed E-state index contributed by atoms with van der Waals surface area (Å²) >= 11 is 24.0. The van der Waals surface area contributed by atoms with Crippen LogP contribution in [0.15, 0.2) is 60.7 Å². The van der Waals surface area contributed by atoms with E-state index in [1.807, 2.05) is 0 Å². The topological polar surface area (TPSA) is 37.4 Å². The molecule has 0 bridgehead atoms. The zero-order valence-electron chi connectivity index (χ0n) is 17.5. The van der Waals surface area contributed by atoms with Gasteiger partial charge in [0.15, 0.2) is 0 Å². The smallest absolute Gasteiger partial charge is 0.270 e. The molecule has 10 heteroatoms. The van der Waals surface area contributed by atoms with Crippen molar-refractivity contribution in [2.75, 3.05) is 0 Å². The van der Waals surface area contributed by atoms with E-state index in [2.05, 4.69) is 0 Å². The second-order valence-electron chi connectivity index (χ2n) is 7.77. The van der Waals surface area contributed by atoms with Crippen LogP contribution >= 0.6 is 46.4 Å². The fourth-order valence-corrected chi connectivity index (χ4v) is 4.58. The van der Waals surface area contributed by atoms with E-state index in [1.165, 1.54) is 12.1 Å². The van der Waals surface area contributed by atoms with Crippen LogP contribution < -0.4 is 0 Å². The third kappa shape index (κ3) is 5.21. The van der Waals surface area contributed by atoms with E-state index in [0.717, 1.165) is 23.1 Å².